The van der Waals surface area contributed by atoms with Crippen LogP contribution in [0.4, 0.5) is 13.2 Å². The van der Waals surface area contributed by atoms with Crippen LogP contribution in [-0.4, -0.2) is 11.9 Å². The van der Waals surface area contributed by atoms with Crippen LogP contribution in [0, 0.1) is 0 Å². The van der Waals surface area contributed by atoms with Crippen molar-refractivity contribution in [2.75, 3.05) is 0 Å². The minimum absolute atomic E-state index is 0.0171. The van der Waals surface area contributed by atoms with Gasteiger partial charge in [-0.1, -0.05) is 18.2 Å². The Morgan fingerprint density at radius 3 is 2.74 bits per heavy atom. The van der Waals surface area contributed by atoms with E-state index in [9.17, 15) is 18.0 Å². The zero-order chi connectivity index (χ0) is 16.6. The third kappa shape index (κ3) is 2.81. The average molecular weight is 322 g/mol. The number of alkyl halides is 3. The van der Waals surface area contributed by atoms with E-state index in [1.807, 2.05) is 6.08 Å². The maximum absolute atomic E-state index is 12.8. The van der Waals surface area contributed by atoms with Gasteiger partial charge in [-0.05, 0) is 35.9 Å². The van der Waals surface area contributed by atoms with Crippen molar-refractivity contribution < 1.29 is 22.7 Å². The van der Waals surface area contributed by atoms with Gasteiger partial charge in [-0.2, -0.15) is 13.2 Å². The fourth-order valence-corrected chi connectivity index (χ4v) is 2.53. The van der Waals surface area contributed by atoms with E-state index < -0.39 is 23.6 Å². The molecule has 120 valence electrons. The summed E-state index contributed by atoms with van der Waals surface area (Å²) in [6, 6.07) is 4.49. The number of rotatable bonds is 2. The Morgan fingerprint density at radius 1 is 1.30 bits per heavy atom. The molecule has 0 amide bonds. The van der Waals surface area contributed by atoms with Crippen molar-refractivity contribution in [3.8, 4) is 0 Å². The lowest BCUT2D eigenvalue weighted by Crippen LogP contribution is -2.23. The minimum atomic E-state index is -4.49. The zero-order valence-corrected chi connectivity index (χ0v) is 11.9. The van der Waals surface area contributed by atoms with Gasteiger partial charge in [0, 0.05) is 6.20 Å². The largest absolute Gasteiger partial charge is 0.463 e. The highest BCUT2D eigenvalue weighted by atomic mass is 19.4. The van der Waals surface area contributed by atoms with Crippen LogP contribution in [0.25, 0.3) is 5.57 Å². The number of nitrogens with two attached hydrogens (primary N) is 1. The van der Waals surface area contributed by atoms with E-state index in [2.05, 4.69) is 5.32 Å². The summed E-state index contributed by atoms with van der Waals surface area (Å²) in [7, 11) is 0. The molecule has 2 aliphatic heterocycles. The summed E-state index contributed by atoms with van der Waals surface area (Å²) in [5.41, 5.74) is 5.66. The van der Waals surface area contributed by atoms with Crippen molar-refractivity contribution >= 4 is 11.4 Å². The molecule has 23 heavy (non-hydrogen) atoms. The molecule has 2 aliphatic rings. The topological polar surface area (TPSA) is 64.4 Å². The van der Waals surface area contributed by atoms with Crippen molar-refractivity contribution in [3.63, 3.8) is 0 Å². The van der Waals surface area contributed by atoms with Crippen molar-refractivity contribution in [2.45, 2.75) is 18.7 Å². The highest BCUT2D eigenvalue weighted by molar-refractivity contribution is 6.26. The highest BCUT2D eigenvalue weighted by Gasteiger charge is 2.38. The van der Waals surface area contributed by atoms with Crippen LogP contribution >= 0.6 is 0 Å². The Morgan fingerprint density at radius 2 is 2.09 bits per heavy atom. The van der Waals surface area contributed by atoms with Crippen molar-refractivity contribution in [1.29, 1.82) is 0 Å². The van der Waals surface area contributed by atoms with Crippen LogP contribution in [0.1, 0.15) is 17.5 Å². The SMILES string of the molecule is NC1=C(c2cccc(C(F)(F)F)c2)C(=O)C(C2=CNC=CC2)O1. The van der Waals surface area contributed by atoms with E-state index in [1.54, 1.807) is 12.4 Å². The number of carbonyl (C=O) groups excluding carboxylic acids is 1. The third-order valence-corrected chi connectivity index (χ3v) is 3.63. The molecule has 0 aromatic heterocycles. The molecule has 1 aromatic rings. The first kappa shape index (κ1) is 15.2. The Labute approximate surface area is 130 Å². The van der Waals surface area contributed by atoms with Crippen molar-refractivity contribution in [2.24, 2.45) is 5.73 Å². The number of carbonyl (C=O) groups is 1. The number of Topliss-reactive ketones (excluding diaryl/α,β-unsaturated/α-hetero) is 1. The molecule has 0 saturated carbocycles. The maximum Gasteiger partial charge on any atom is 0.416 e. The van der Waals surface area contributed by atoms with Gasteiger partial charge < -0.3 is 15.8 Å². The molecule has 1 aromatic carbocycles. The van der Waals surface area contributed by atoms with Crippen LogP contribution in [0.15, 0.2) is 54.2 Å². The predicted molar refractivity (Wildman–Crippen MR) is 77.4 cm³/mol. The Balaban J connectivity index is 1.93. The summed E-state index contributed by atoms with van der Waals surface area (Å²) in [6.45, 7) is 0. The minimum Gasteiger partial charge on any atom is -0.463 e. The third-order valence-electron chi connectivity index (χ3n) is 3.63. The van der Waals surface area contributed by atoms with Gasteiger partial charge in [0.25, 0.3) is 0 Å². The van der Waals surface area contributed by atoms with Crippen LogP contribution in [0.5, 0.6) is 0 Å². The van der Waals surface area contributed by atoms with Gasteiger partial charge in [0.05, 0.1) is 11.1 Å². The molecule has 0 radical (unpaired) electrons. The molecule has 0 aliphatic carbocycles. The number of nitrogens with one attached hydrogen (secondary N) is 1. The molecular formula is C16H13F3N2O2. The number of ketones is 1. The van der Waals surface area contributed by atoms with Gasteiger partial charge in [-0.3, -0.25) is 4.79 Å². The van der Waals surface area contributed by atoms with Gasteiger partial charge in [0.15, 0.2) is 12.0 Å². The van der Waals surface area contributed by atoms with Gasteiger partial charge >= 0.3 is 6.18 Å². The molecule has 0 saturated heterocycles. The molecule has 0 fully saturated rings. The van der Waals surface area contributed by atoms with E-state index >= 15 is 0 Å². The number of hydrogen-bond acceptors (Lipinski definition) is 4. The van der Waals surface area contributed by atoms with Crippen LogP contribution < -0.4 is 11.1 Å². The molecule has 1 atom stereocenters. The average Bonchev–Trinajstić information content (AvgIpc) is 2.82. The molecule has 3 rings (SSSR count). The molecule has 4 nitrogen and oxygen atoms in total. The Kier molecular flexibility index (Phi) is 3.63. The van der Waals surface area contributed by atoms with E-state index in [0.29, 0.717) is 12.0 Å². The zero-order valence-electron chi connectivity index (χ0n) is 11.9. The van der Waals surface area contributed by atoms with Gasteiger partial charge in [-0.15, -0.1) is 0 Å². The van der Waals surface area contributed by atoms with E-state index in [1.165, 1.54) is 12.1 Å². The van der Waals surface area contributed by atoms with Crippen LogP contribution in [0.3, 0.4) is 0 Å². The van der Waals surface area contributed by atoms with Crippen molar-refractivity contribution in [1.82, 2.24) is 5.32 Å². The summed E-state index contributed by atoms with van der Waals surface area (Å²) in [6.07, 6.45) is 0.264. The normalized spacial score (nSPS) is 21.1. The monoisotopic (exact) mass is 322 g/mol. The van der Waals surface area contributed by atoms with Gasteiger partial charge in [-0.25, -0.2) is 0 Å². The lowest BCUT2D eigenvalue weighted by molar-refractivity contribution is -0.137. The smallest absolute Gasteiger partial charge is 0.416 e. The van der Waals surface area contributed by atoms with E-state index in [4.69, 9.17) is 10.5 Å². The fourth-order valence-electron chi connectivity index (χ4n) is 2.53. The number of halogens is 3. The molecule has 1 unspecified atom stereocenters. The lowest BCUT2D eigenvalue weighted by atomic mass is 9.94. The van der Waals surface area contributed by atoms with Crippen molar-refractivity contribution in [3.05, 3.63) is 65.3 Å². The molecule has 0 spiro atoms. The van der Waals surface area contributed by atoms with Gasteiger partial charge in [0.2, 0.25) is 5.78 Å². The summed E-state index contributed by atoms with van der Waals surface area (Å²) in [5, 5.41) is 2.85. The molecule has 7 heteroatoms. The second kappa shape index (κ2) is 5.49. The maximum atomic E-state index is 12.8. The molecule has 2 heterocycles. The predicted octanol–water partition coefficient (Wildman–Crippen LogP) is 2.69. The number of dihydropyridines is 1. The number of benzene rings is 1. The Bertz CT molecular complexity index is 748. The second-order valence-corrected chi connectivity index (χ2v) is 5.17. The summed E-state index contributed by atoms with van der Waals surface area (Å²) in [4.78, 5) is 12.5. The number of ether oxygens (including phenoxy) is 1. The van der Waals surface area contributed by atoms with Crippen LogP contribution in [0.2, 0.25) is 0 Å². The highest BCUT2D eigenvalue weighted by Crippen LogP contribution is 2.35. The van der Waals surface area contributed by atoms with Gasteiger partial charge in [0.1, 0.15) is 0 Å². The lowest BCUT2D eigenvalue weighted by Gasteiger charge is -2.15. The first-order chi connectivity index (χ1) is 10.9. The molecule has 3 N–H and O–H groups in total. The first-order valence-corrected chi connectivity index (χ1v) is 6.86. The molecule has 0 bridgehead atoms. The summed E-state index contributed by atoms with van der Waals surface area (Å²) in [5.74, 6) is -0.597. The second-order valence-electron chi connectivity index (χ2n) is 5.17. The quantitative estimate of drug-likeness (QED) is 0.879. The summed E-state index contributed by atoms with van der Waals surface area (Å²) >= 11 is 0. The Hall–Kier alpha value is -2.70. The standard InChI is InChI=1S/C16H13F3N2O2/c17-16(18,19)11-5-1-3-9(7-11)12-13(22)14(23-15(12)20)10-4-2-6-21-8-10/h1-3,5-8,14,21H,4,20H2. The first-order valence-electron chi connectivity index (χ1n) is 6.86. The molecular weight excluding hydrogens is 309 g/mol. The van der Waals surface area contributed by atoms with E-state index in [-0.39, 0.29) is 17.0 Å². The van der Waals surface area contributed by atoms with E-state index in [0.717, 1.165) is 12.1 Å². The fraction of sp³-hybridized carbons (Fsp3) is 0.188. The number of allylic oxidation sites excluding steroid dienone is 1. The number of hydrogen-bond donors (Lipinski definition) is 2. The summed E-state index contributed by atoms with van der Waals surface area (Å²) < 4.78 is 43.9. The van der Waals surface area contributed by atoms with Crippen LogP contribution in [-0.2, 0) is 15.7 Å².